The van der Waals surface area contributed by atoms with E-state index in [1.165, 1.54) is 22.6 Å². The number of amides is 1. The first kappa shape index (κ1) is 18.0. The van der Waals surface area contributed by atoms with Crippen LogP contribution in [0.2, 0.25) is 0 Å². The summed E-state index contributed by atoms with van der Waals surface area (Å²) in [5.74, 6) is -0.853. The molecule has 3 aliphatic rings. The quantitative estimate of drug-likeness (QED) is 0.689. The van der Waals surface area contributed by atoms with Gasteiger partial charge in [-0.25, -0.2) is 18.7 Å². The van der Waals surface area contributed by atoms with Crippen LogP contribution in [0, 0.1) is 17.3 Å². The maximum absolute atomic E-state index is 13.3. The number of pyridine rings is 1. The van der Waals surface area contributed by atoms with E-state index >= 15 is 0 Å². The second-order valence-electron chi connectivity index (χ2n) is 9.48. The Balaban J connectivity index is 1.30. The SMILES string of the molecule is CN(C(=O)C1(C)CC(F)(F)C1)c1cnc2nc(-c3n[nH]c4c3CC3CC3C4)[nH]c2c1. The lowest BCUT2D eigenvalue weighted by molar-refractivity contribution is -0.171. The summed E-state index contributed by atoms with van der Waals surface area (Å²) in [5, 5.41) is 7.65. The summed E-state index contributed by atoms with van der Waals surface area (Å²) >= 11 is 0. The molecule has 2 atom stereocenters. The molecule has 3 aromatic heterocycles. The number of aromatic amines is 2. The number of nitrogens with one attached hydrogen (secondary N) is 2. The third-order valence-electron chi connectivity index (χ3n) is 7.01. The number of carbonyl (C=O) groups excluding carboxylic acids is 1. The lowest BCUT2D eigenvalue weighted by atomic mass is 9.66. The zero-order valence-electron chi connectivity index (χ0n) is 16.8. The molecule has 2 fully saturated rings. The minimum atomic E-state index is -2.76. The molecular weight excluding hydrogens is 390 g/mol. The number of fused-ring (bicyclic) bond motifs is 3. The third-order valence-corrected chi connectivity index (χ3v) is 7.01. The summed E-state index contributed by atoms with van der Waals surface area (Å²) < 4.78 is 26.7. The van der Waals surface area contributed by atoms with Crippen molar-refractivity contribution in [2.24, 2.45) is 17.3 Å². The van der Waals surface area contributed by atoms with Gasteiger partial charge in [-0.3, -0.25) is 9.89 Å². The van der Waals surface area contributed by atoms with Crippen LogP contribution in [0.4, 0.5) is 14.5 Å². The molecule has 0 aromatic carbocycles. The Morgan fingerprint density at radius 1 is 1.27 bits per heavy atom. The molecular formula is C21H22F2N6O. The molecule has 2 unspecified atom stereocenters. The Bertz CT molecular complexity index is 1190. The van der Waals surface area contributed by atoms with E-state index in [0.717, 1.165) is 30.4 Å². The summed E-state index contributed by atoms with van der Waals surface area (Å²) in [6, 6.07) is 1.78. The van der Waals surface area contributed by atoms with Crippen LogP contribution in [0.1, 0.15) is 37.4 Å². The van der Waals surface area contributed by atoms with E-state index in [1.54, 1.807) is 26.2 Å². The van der Waals surface area contributed by atoms with E-state index in [2.05, 4.69) is 25.1 Å². The van der Waals surface area contributed by atoms with Crippen LogP contribution < -0.4 is 4.90 Å². The first-order valence-corrected chi connectivity index (χ1v) is 10.3. The van der Waals surface area contributed by atoms with Crippen LogP contribution in [0.25, 0.3) is 22.7 Å². The van der Waals surface area contributed by atoms with E-state index in [-0.39, 0.29) is 5.91 Å². The molecule has 0 aliphatic heterocycles. The van der Waals surface area contributed by atoms with Gasteiger partial charge in [-0.1, -0.05) is 6.92 Å². The first-order chi connectivity index (χ1) is 14.2. The van der Waals surface area contributed by atoms with E-state index in [1.807, 2.05) is 0 Å². The molecule has 2 N–H and O–H groups in total. The molecule has 30 heavy (non-hydrogen) atoms. The van der Waals surface area contributed by atoms with Gasteiger partial charge in [0.25, 0.3) is 0 Å². The molecule has 3 heterocycles. The van der Waals surface area contributed by atoms with Crippen LogP contribution in [0.15, 0.2) is 12.3 Å². The predicted octanol–water partition coefficient (Wildman–Crippen LogP) is 3.48. The van der Waals surface area contributed by atoms with Gasteiger partial charge in [0.15, 0.2) is 11.5 Å². The fourth-order valence-corrected chi connectivity index (χ4v) is 5.27. The number of anilines is 1. The average Bonchev–Trinajstić information content (AvgIpc) is 3.12. The third kappa shape index (κ3) is 2.60. The Hall–Kier alpha value is -2.84. The summed E-state index contributed by atoms with van der Waals surface area (Å²) in [5.41, 5.74) is 4.00. The fourth-order valence-electron chi connectivity index (χ4n) is 5.27. The number of hydrogen-bond donors (Lipinski definition) is 2. The smallest absolute Gasteiger partial charge is 0.250 e. The van der Waals surface area contributed by atoms with Crippen LogP contribution in [-0.2, 0) is 17.6 Å². The van der Waals surface area contributed by atoms with Gasteiger partial charge in [-0.05, 0) is 37.2 Å². The average molecular weight is 412 g/mol. The van der Waals surface area contributed by atoms with Crippen molar-refractivity contribution in [2.75, 3.05) is 11.9 Å². The number of alkyl halides is 2. The highest BCUT2D eigenvalue weighted by atomic mass is 19.3. The predicted molar refractivity (Wildman–Crippen MR) is 106 cm³/mol. The standard InChI is InChI=1S/C21H22F2N6O/c1-20(8-21(22,23)9-20)19(30)29(2)12-6-15-17(24-7-12)26-18(25-15)16-13-4-10-3-11(10)5-14(13)27-28-16/h6-7,10-11H,3-5,8-9H2,1-2H3,(H,27,28)(H,24,25,26). The van der Waals surface area contributed by atoms with Gasteiger partial charge in [0, 0.05) is 31.1 Å². The summed E-state index contributed by atoms with van der Waals surface area (Å²) in [6.07, 6.45) is 4.10. The number of nitrogens with zero attached hydrogens (tertiary/aromatic N) is 4. The van der Waals surface area contributed by atoms with Gasteiger partial charge >= 0.3 is 0 Å². The molecule has 9 heteroatoms. The highest BCUT2D eigenvalue weighted by molar-refractivity contribution is 5.98. The summed E-state index contributed by atoms with van der Waals surface area (Å²) in [7, 11) is 1.60. The molecule has 1 amide bonds. The Morgan fingerprint density at radius 2 is 2.03 bits per heavy atom. The van der Waals surface area contributed by atoms with E-state index in [9.17, 15) is 13.6 Å². The van der Waals surface area contributed by atoms with Crippen LogP contribution in [-0.4, -0.2) is 44.0 Å². The Kier molecular flexibility index (Phi) is 3.38. The van der Waals surface area contributed by atoms with Crippen molar-refractivity contribution in [2.45, 2.75) is 45.0 Å². The van der Waals surface area contributed by atoms with Gasteiger partial charge < -0.3 is 9.88 Å². The number of imidazole rings is 1. The largest absolute Gasteiger partial charge is 0.335 e. The van der Waals surface area contributed by atoms with Crippen LogP contribution >= 0.6 is 0 Å². The molecule has 7 nitrogen and oxygen atoms in total. The topological polar surface area (TPSA) is 90.6 Å². The lowest BCUT2D eigenvalue weighted by Gasteiger charge is -2.45. The molecule has 156 valence electrons. The highest BCUT2D eigenvalue weighted by Crippen LogP contribution is 2.53. The number of H-pyrrole nitrogens is 2. The summed E-state index contributed by atoms with van der Waals surface area (Å²) in [6.45, 7) is 1.59. The number of hydrogen-bond acceptors (Lipinski definition) is 4. The van der Waals surface area contributed by atoms with Crippen molar-refractivity contribution in [3.8, 4) is 11.5 Å². The van der Waals surface area contributed by atoms with Gasteiger partial charge in [-0.15, -0.1) is 0 Å². The van der Waals surface area contributed by atoms with Gasteiger partial charge in [0.1, 0.15) is 5.69 Å². The number of aromatic nitrogens is 5. The maximum atomic E-state index is 13.3. The monoisotopic (exact) mass is 412 g/mol. The van der Waals surface area contributed by atoms with E-state index in [4.69, 9.17) is 0 Å². The first-order valence-electron chi connectivity index (χ1n) is 10.3. The molecule has 3 aliphatic carbocycles. The van der Waals surface area contributed by atoms with Gasteiger partial charge in [-0.2, -0.15) is 5.10 Å². The Morgan fingerprint density at radius 3 is 2.80 bits per heavy atom. The molecule has 0 saturated heterocycles. The fraction of sp³-hybridized carbons (Fsp3) is 0.524. The van der Waals surface area contributed by atoms with Crippen molar-refractivity contribution < 1.29 is 13.6 Å². The van der Waals surface area contributed by atoms with Gasteiger partial charge in [0.05, 0.1) is 22.8 Å². The molecule has 6 rings (SSSR count). The zero-order valence-corrected chi connectivity index (χ0v) is 16.8. The normalized spacial score (nSPS) is 25.3. The minimum absolute atomic E-state index is 0.324. The second-order valence-corrected chi connectivity index (χ2v) is 9.48. The Labute approximate surface area is 171 Å². The maximum Gasteiger partial charge on any atom is 0.250 e. The number of halogens is 2. The second kappa shape index (κ2) is 5.65. The molecule has 0 bridgehead atoms. The minimum Gasteiger partial charge on any atom is -0.335 e. The van der Waals surface area contributed by atoms with Crippen molar-refractivity contribution in [1.82, 2.24) is 25.1 Å². The van der Waals surface area contributed by atoms with Crippen molar-refractivity contribution in [1.29, 1.82) is 0 Å². The molecule has 3 aromatic rings. The van der Waals surface area contributed by atoms with Crippen LogP contribution in [0.3, 0.4) is 0 Å². The number of carbonyl (C=O) groups is 1. The van der Waals surface area contributed by atoms with Crippen molar-refractivity contribution in [3.05, 3.63) is 23.5 Å². The molecule has 0 radical (unpaired) electrons. The van der Waals surface area contributed by atoms with Crippen molar-refractivity contribution >= 4 is 22.8 Å². The zero-order chi connectivity index (χ0) is 20.8. The molecule has 2 saturated carbocycles. The van der Waals surface area contributed by atoms with Gasteiger partial charge in [0.2, 0.25) is 11.8 Å². The summed E-state index contributed by atoms with van der Waals surface area (Å²) in [4.78, 5) is 26.4. The van der Waals surface area contributed by atoms with Crippen LogP contribution in [0.5, 0.6) is 0 Å². The van der Waals surface area contributed by atoms with E-state index in [0.29, 0.717) is 22.7 Å². The highest BCUT2D eigenvalue weighted by Gasteiger charge is 2.58. The lowest BCUT2D eigenvalue weighted by Crippen LogP contribution is -2.53. The molecule has 0 spiro atoms. The van der Waals surface area contributed by atoms with E-state index < -0.39 is 24.2 Å². The number of rotatable bonds is 3. The van der Waals surface area contributed by atoms with Crippen molar-refractivity contribution in [3.63, 3.8) is 0 Å².